The molecule has 11 heteroatoms. The van der Waals surface area contributed by atoms with Gasteiger partial charge in [-0.3, -0.25) is 9.88 Å². The van der Waals surface area contributed by atoms with Crippen molar-refractivity contribution in [1.82, 2.24) is 20.1 Å². The van der Waals surface area contributed by atoms with Crippen LogP contribution >= 0.6 is 11.6 Å². The normalized spacial score (nSPS) is 14.1. The lowest BCUT2D eigenvalue weighted by molar-refractivity contribution is 0.0548. The van der Waals surface area contributed by atoms with Crippen molar-refractivity contribution in [3.05, 3.63) is 59.2 Å². The summed E-state index contributed by atoms with van der Waals surface area (Å²) < 4.78 is 35.6. The Morgan fingerprint density at radius 3 is 2.48 bits per heavy atom. The number of halogens is 3. The molecule has 162 valence electrons. The summed E-state index contributed by atoms with van der Waals surface area (Å²) in [5.41, 5.74) is 1.67. The van der Waals surface area contributed by atoms with Crippen LogP contribution in [0.3, 0.4) is 0 Å². The second kappa shape index (κ2) is 9.36. The first kappa shape index (κ1) is 21.1. The van der Waals surface area contributed by atoms with Gasteiger partial charge in [0.2, 0.25) is 5.89 Å². The number of alkyl halides is 2. The molecule has 1 aliphatic heterocycles. The fourth-order valence-electron chi connectivity index (χ4n) is 3.06. The molecule has 4 rings (SSSR count). The van der Waals surface area contributed by atoms with E-state index >= 15 is 0 Å². The van der Waals surface area contributed by atoms with E-state index in [1.165, 1.54) is 6.20 Å². The summed E-state index contributed by atoms with van der Waals surface area (Å²) in [5.74, 6) is -0.794. The molecule has 0 saturated carbocycles. The summed E-state index contributed by atoms with van der Waals surface area (Å²) in [6.07, 6.45) is -1.40. The number of carbonyl (C=O) groups excluding carboxylic acids is 1. The van der Waals surface area contributed by atoms with Crippen LogP contribution < -0.4 is 4.90 Å². The molecule has 0 spiro atoms. The first-order chi connectivity index (χ1) is 15.0. The van der Waals surface area contributed by atoms with Crippen LogP contribution in [-0.2, 0) is 11.3 Å². The molecule has 2 amide bonds. The van der Waals surface area contributed by atoms with E-state index in [0.29, 0.717) is 48.3 Å². The number of aromatic nitrogens is 3. The average molecular weight is 450 g/mol. The van der Waals surface area contributed by atoms with Crippen LogP contribution in [0, 0.1) is 0 Å². The van der Waals surface area contributed by atoms with E-state index in [4.69, 9.17) is 20.8 Å². The highest BCUT2D eigenvalue weighted by Crippen LogP contribution is 2.25. The fourth-order valence-corrected chi connectivity index (χ4v) is 3.19. The number of rotatable bonds is 5. The predicted molar refractivity (Wildman–Crippen MR) is 108 cm³/mol. The largest absolute Gasteiger partial charge is 0.415 e. The molecule has 1 aliphatic rings. The molecule has 0 bridgehead atoms. The molecule has 8 nitrogen and oxygen atoms in total. The van der Waals surface area contributed by atoms with Gasteiger partial charge in [0.15, 0.2) is 0 Å². The summed E-state index contributed by atoms with van der Waals surface area (Å²) in [7, 11) is 0. The molecule has 1 saturated heterocycles. The van der Waals surface area contributed by atoms with Gasteiger partial charge in [-0.25, -0.2) is 4.79 Å². The molecule has 3 heterocycles. The zero-order chi connectivity index (χ0) is 21.8. The number of hydrogen-bond donors (Lipinski definition) is 0. The Kier molecular flexibility index (Phi) is 6.38. The second-order valence-electron chi connectivity index (χ2n) is 6.73. The summed E-state index contributed by atoms with van der Waals surface area (Å²) in [5, 5.41) is 7.48. The Balaban J connectivity index is 1.55. The quantitative estimate of drug-likeness (QED) is 0.581. The van der Waals surface area contributed by atoms with Crippen molar-refractivity contribution in [3.8, 4) is 11.5 Å². The van der Waals surface area contributed by atoms with Crippen molar-refractivity contribution < 1.29 is 22.7 Å². The minimum absolute atomic E-state index is 0.0479. The summed E-state index contributed by atoms with van der Waals surface area (Å²) >= 11 is 5.99. The van der Waals surface area contributed by atoms with Crippen LogP contribution in [0.1, 0.15) is 18.0 Å². The van der Waals surface area contributed by atoms with Gasteiger partial charge >= 0.3 is 12.5 Å². The molecule has 0 aliphatic carbocycles. The molecule has 0 atom stereocenters. The molecule has 2 aromatic heterocycles. The minimum atomic E-state index is -2.84. The summed E-state index contributed by atoms with van der Waals surface area (Å²) in [6.45, 7) is 2.16. The zero-order valence-corrected chi connectivity index (χ0v) is 17.0. The van der Waals surface area contributed by atoms with Gasteiger partial charge in [0.25, 0.3) is 5.89 Å². The number of anilines is 1. The fraction of sp³-hybridized carbons (Fsp3) is 0.300. The first-order valence-corrected chi connectivity index (χ1v) is 9.85. The predicted octanol–water partition coefficient (Wildman–Crippen LogP) is 4.18. The van der Waals surface area contributed by atoms with E-state index in [9.17, 15) is 13.6 Å². The van der Waals surface area contributed by atoms with E-state index in [0.717, 1.165) is 0 Å². The Hall–Kier alpha value is -3.11. The molecule has 0 radical (unpaired) electrons. The van der Waals surface area contributed by atoms with Crippen LogP contribution in [0.4, 0.5) is 19.3 Å². The van der Waals surface area contributed by atoms with E-state index in [-0.39, 0.29) is 18.5 Å². The van der Waals surface area contributed by atoms with E-state index in [2.05, 4.69) is 15.2 Å². The molecular formula is C20H18ClF2N5O3. The van der Waals surface area contributed by atoms with Crippen LogP contribution in [0.5, 0.6) is 0 Å². The van der Waals surface area contributed by atoms with Gasteiger partial charge in [0.05, 0.1) is 31.0 Å². The smallest absolute Gasteiger partial charge is 0.325 e. The average Bonchev–Trinajstić information content (AvgIpc) is 3.30. The van der Waals surface area contributed by atoms with Gasteiger partial charge < -0.3 is 14.1 Å². The van der Waals surface area contributed by atoms with E-state index in [1.54, 1.807) is 46.2 Å². The van der Waals surface area contributed by atoms with Crippen molar-refractivity contribution in [2.45, 2.75) is 13.0 Å². The molecule has 0 N–H and O–H groups in total. The number of ether oxygens (including phenoxy) is 1. The second-order valence-corrected chi connectivity index (χ2v) is 7.17. The van der Waals surface area contributed by atoms with Crippen molar-refractivity contribution in [1.29, 1.82) is 0 Å². The molecular weight excluding hydrogens is 432 g/mol. The number of urea groups is 1. The van der Waals surface area contributed by atoms with Gasteiger partial charge in [-0.15, -0.1) is 10.2 Å². The van der Waals surface area contributed by atoms with Gasteiger partial charge in [0, 0.05) is 30.0 Å². The topological polar surface area (TPSA) is 84.6 Å². The Bertz CT molecular complexity index is 1020. The highest BCUT2D eigenvalue weighted by molar-refractivity contribution is 6.30. The molecule has 3 aromatic rings. The van der Waals surface area contributed by atoms with Gasteiger partial charge in [0.1, 0.15) is 0 Å². The molecule has 31 heavy (non-hydrogen) atoms. The molecule has 0 unspecified atom stereocenters. The van der Waals surface area contributed by atoms with Crippen molar-refractivity contribution in [2.24, 2.45) is 0 Å². The van der Waals surface area contributed by atoms with Crippen molar-refractivity contribution in [2.75, 3.05) is 31.2 Å². The highest BCUT2D eigenvalue weighted by atomic mass is 35.5. The maximum atomic E-state index is 13.2. The Morgan fingerprint density at radius 2 is 1.87 bits per heavy atom. The third-order valence-corrected chi connectivity index (χ3v) is 4.92. The number of morpholine rings is 1. The number of carbonyl (C=O) groups is 1. The number of amides is 2. The van der Waals surface area contributed by atoms with E-state index < -0.39 is 12.3 Å². The third kappa shape index (κ3) is 4.97. The summed E-state index contributed by atoms with van der Waals surface area (Å²) in [6, 6.07) is 10.1. The standard InChI is InChI=1S/C20H18ClF2N5O3/c21-14-2-5-16(6-3-14)28(20(29)27-7-9-30-10-8-27)12-15-4-1-13(11-24-15)18-25-26-19(31-18)17(22)23/h1-6,11,17H,7-10,12H2. The number of pyridine rings is 1. The number of nitrogens with zero attached hydrogens (tertiary/aromatic N) is 5. The Labute approximate surface area is 181 Å². The third-order valence-electron chi connectivity index (χ3n) is 4.67. The SMILES string of the molecule is O=C(N1CCOCC1)N(Cc1ccc(-c2nnc(C(F)F)o2)cn1)c1ccc(Cl)cc1. The molecule has 1 fully saturated rings. The van der Waals surface area contributed by atoms with E-state index in [1.807, 2.05) is 0 Å². The minimum Gasteiger partial charge on any atom is -0.415 e. The highest BCUT2D eigenvalue weighted by Gasteiger charge is 2.25. The van der Waals surface area contributed by atoms with Crippen LogP contribution in [0.2, 0.25) is 5.02 Å². The Morgan fingerprint density at radius 1 is 1.13 bits per heavy atom. The van der Waals surface area contributed by atoms with Crippen molar-refractivity contribution in [3.63, 3.8) is 0 Å². The zero-order valence-electron chi connectivity index (χ0n) is 16.2. The monoisotopic (exact) mass is 449 g/mol. The van der Waals surface area contributed by atoms with Gasteiger partial charge in [-0.05, 0) is 36.4 Å². The van der Waals surface area contributed by atoms with Gasteiger partial charge in [-0.1, -0.05) is 11.6 Å². The number of hydrogen-bond acceptors (Lipinski definition) is 6. The lowest BCUT2D eigenvalue weighted by Crippen LogP contribution is -2.48. The first-order valence-electron chi connectivity index (χ1n) is 9.48. The maximum Gasteiger partial charge on any atom is 0.325 e. The summed E-state index contributed by atoms with van der Waals surface area (Å²) in [4.78, 5) is 20.8. The lowest BCUT2D eigenvalue weighted by atomic mass is 10.2. The number of benzene rings is 1. The molecule has 1 aromatic carbocycles. The van der Waals surface area contributed by atoms with Gasteiger partial charge in [-0.2, -0.15) is 8.78 Å². The van der Waals surface area contributed by atoms with Crippen LogP contribution in [-0.4, -0.2) is 52.4 Å². The van der Waals surface area contributed by atoms with Crippen LogP contribution in [0.15, 0.2) is 47.0 Å². The van der Waals surface area contributed by atoms with Crippen molar-refractivity contribution >= 4 is 23.3 Å². The van der Waals surface area contributed by atoms with Crippen LogP contribution in [0.25, 0.3) is 11.5 Å². The maximum absolute atomic E-state index is 13.2. The lowest BCUT2D eigenvalue weighted by Gasteiger charge is -2.33.